The molecule has 24 heavy (non-hydrogen) atoms. The van der Waals surface area contributed by atoms with E-state index in [1.807, 2.05) is 0 Å². The fraction of sp³-hybridized carbons (Fsp3) is 1.00. The minimum atomic E-state index is -4.67. The molecule has 0 spiro atoms. The summed E-state index contributed by atoms with van der Waals surface area (Å²) >= 11 is -0.472. The molecular formula is C12H21F6NaO4S. The second-order valence-corrected chi connectivity index (χ2v) is 7.73. The van der Waals surface area contributed by atoms with E-state index in [0.717, 1.165) is 12.8 Å². The molecule has 0 heterocycles. The van der Waals surface area contributed by atoms with Gasteiger partial charge in [-0.1, -0.05) is 0 Å². The van der Waals surface area contributed by atoms with Crippen molar-refractivity contribution in [3.05, 3.63) is 0 Å². The molecule has 0 rings (SSSR count). The molecule has 142 valence electrons. The van der Waals surface area contributed by atoms with E-state index in [1.165, 1.54) is 0 Å². The van der Waals surface area contributed by atoms with Crippen molar-refractivity contribution in [1.29, 1.82) is 0 Å². The summed E-state index contributed by atoms with van der Waals surface area (Å²) in [6.07, 6.45) is -2.96. The number of halogens is 6. The van der Waals surface area contributed by atoms with Crippen molar-refractivity contribution in [3.63, 3.8) is 0 Å². The molecular weight excluding hydrogens is 377 g/mol. The number of alkyl halides is 6. The largest absolute Gasteiger partial charge is 0.394 e. The Hall–Kier alpha value is 0.450. The SMILES string of the molecule is FC(CCCCCCCCCC(F)(F)F)[C](F)(F)[Na].O=S(=O)(O)O. The van der Waals surface area contributed by atoms with Crippen molar-refractivity contribution in [2.24, 2.45) is 0 Å². The van der Waals surface area contributed by atoms with Gasteiger partial charge < -0.3 is 0 Å². The summed E-state index contributed by atoms with van der Waals surface area (Å²) in [7, 11) is -4.67. The van der Waals surface area contributed by atoms with Crippen LogP contribution in [0.5, 0.6) is 0 Å². The average Bonchev–Trinajstić information content (AvgIpc) is 2.31. The summed E-state index contributed by atoms with van der Waals surface area (Å²) in [5.74, 6) is 0. The monoisotopic (exact) mass is 398 g/mol. The Bertz CT molecular complexity index is 403. The summed E-state index contributed by atoms with van der Waals surface area (Å²) in [6, 6.07) is 0. The van der Waals surface area contributed by atoms with Crippen LogP contribution in [0.1, 0.15) is 57.8 Å². The van der Waals surface area contributed by atoms with E-state index >= 15 is 0 Å². The number of unbranched alkanes of at least 4 members (excludes halogenated alkanes) is 6. The standard InChI is InChI=1S/C12H19F6.Na.H2O4S/c13-10(11(14)15)8-6-4-2-1-3-5-7-9-12(16,17)18;;1-5(2,3)4/h10H,1-9H2;;(H2,1,2,3,4). The molecule has 0 aliphatic heterocycles. The van der Waals surface area contributed by atoms with Crippen LogP contribution in [-0.4, -0.2) is 61.0 Å². The molecule has 0 bridgehead atoms. The minimum Gasteiger partial charge on any atom is -0.264 e. The second kappa shape index (κ2) is 12.7. The van der Waals surface area contributed by atoms with Gasteiger partial charge in [0.1, 0.15) is 0 Å². The van der Waals surface area contributed by atoms with E-state index in [4.69, 9.17) is 17.5 Å². The van der Waals surface area contributed by atoms with Crippen LogP contribution in [0.25, 0.3) is 0 Å². The maximum absolute atomic E-state index is 12.9. The van der Waals surface area contributed by atoms with Gasteiger partial charge in [0.05, 0.1) is 0 Å². The first-order valence-corrected chi connectivity index (χ1v) is 9.81. The number of hydrogen-bond donors (Lipinski definition) is 2. The van der Waals surface area contributed by atoms with E-state index < -0.39 is 60.3 Å². The molecule has 0 aliphatic rings. The van der Waals surface area contributed by atoms with E-state index in [9.17, 15) is 26.3 Å². The van der Waals surface area contributed by atoms with Gasteiger partial charge in [-0.25, -0.2) is 0 Å². The third kappa shape index (κ3) is 27.3. The Morgan fingerprint density at radius 1 is 0.833 bits per heavy atom. The van der Waals surface area contributed by atoms with Crippen LogP contribution >= 0.6 is 0 Å². The maximum atomic E-state index is 12.9. The zero-order valence-electron chi connectivity index (χ0n) is 13.3. The molecule has 0 aliphatic carbocycles. The fourth-order valence-electron chi connectivity index (χ4n) is 1.79. The molecule has 1 unspecified atom stereocenters. The van der Waals surface area contributed by atoms with Gasteiger partial charge in [0.15, 0.2) is 0 Å². The molecule has 1 atom stereocenters. The van der Waals surface area contributed by atoms with Gasteiger partial charge in [-0.2, -0.15) is 21.6 Å². The summed E-state index contributed by atoms with van der Waals surface area (Å²) in [4.78, 5) is 0. The normalized spacial score (nSPS) is 14.1. The Morgan fingerprint density at radius 3 is 1.50 bits per heavy atom. The molecule has 0 saturated heterocycles. The van der Waals surface area contributed by atoms with Crippen LogP contribution < -0.4 is 0 Å². The summed E-state index contributed by atoms with van der Waals surface area (Å²) in [5, 5.41) is 0. The Labute approximate surface area is 155 Å². The molecule has 0 aromatic heterocycles. The van der Waals surface area contributed by atoms with Crippen molar-refractivity contribution in [3.8, 4) is 0 Å². The molecule has 0 aromatic carbocycles. The van der Waals surface area contributed by atoms with Crippen molar-refractivity contribution < 1.29 is 43.9 Å². The van der Waals surface area contributed by atoms with Crippen LogP contribution in [0.2, 0.25) is 0 Å². The zero-order chi connectivity index (χ0) is 19.4. The minimum absolute atomic E-state index is 0.120. The van der Waals surface area contributed by atoms with E-state index in [1.54, 1.807) is 0 Å². The first-order chi connectivity index (χ1) is 10.6. The predicted molar refractivity (Wildman–Crippen MR) is 77.4 cm³/mol. The first kappa shape index (κ1) is 26.7. The average molecular weight is 398 g/mol. The Kier molecular flexibility index (Phi) is 14.2. The predicted octanol–water partition coefficient (Wildman–Crippen LogP) is 4.51. The fourth-order valence-corrected chi connectivity index (χ4v) is 2.08. The summed E-state index contributed by atoms with van der Waals surface area (Å²) in [6.45, 7) is 0. The van der Waals surface area contributed by atoms with Crippen molar-refractivity contribution in [2.45, 2.75) is 73.3 Å². The molecule has 0 saturated carbocycles. The zero-order valence-corrected chi connectivity index (χ0v) is 16.1. The quantitative estimate of drug-likeness (QED) is 0.246. The molecule has 12 heteroatoms. The van der Waals surface area contributed by atoms with Crippen molar-refractivity contribution in [1.82, 2.24) is 0 Å². The summed E-state index contributed by atoms with van der Waals surface area (Å²) < 4.78 is 102. The third-order valence-corrected chi connectivity index (χ3v) is 3.59. The van der Waals surface area contributed by atoms with Gasteiger partial charge >= 0.3 is 125 Å². The summed E-state index contributed by atoms with van der Waals surface area (Å²) in [5.41, 5.74) is 0. The molecule has 2 N–H and O–H groups in total. The van der Waals surface area contributed by atoms with Gasteiger partial charge in [-0.05, 0) is 0 Å². The van der Waals surface area contributed by atoms with Crippen molar-refractivity contribution in [2.75, 3.05) is 0 Å². The maximum Gasteiger partial charge on any atom is 0.394 e. The van der Waals surface area contributed by atoms with Gasteiger partial charge in [-0.3, -0.25) is 9.11 Å². The molecule has 4 nitrogen and oxygen atoms in total. The Balaban J connectivity index is 0. The van der Waals surface area contributed by atoms with Crippen LogP contribution in [0.4, 0.5) is 26.3 Å². The number of rotatable bonds is 10. The van der Waals surface area contributed by atoms with Gasteiger partial charge in [-0.15, -0.1) is 0 Å². The van der Waals surface area contributed by atoms with E-state index in [2.05, 4.69) is 0 Å². The molecule has 0 fully saturated rings. The van der Waals surface area contributed by atoms with Gasteiger partial charge in [0, 0.05) is 0 Å². The Morgan fingerprint density at radius 2 is 1.17 bits per heavy atom. The topological polar surface area (TPSA) is 74.6 Å². The molecule has 0 amide bonds. The van der Waals surface area contributed by atoms with E-state index in [0.29, 0.717) is 25.7 Å². The van der Waals surface area contributed by atoms with Crippen LogP contribution in [0.3, 0.4) is 0 Å². The second-order valence-electron chi connectivity index (χ2n) is 5.50. The molecule has 0 aromatic rings. The van der Waals surface area contributed by atoms with Crippen LogP contribution in [0, 0.1) is 0 Å². The van der Waals surface area contributed by atoms with Crippen molar-refractivity contribution >= 4 is 38.3 Å². The first-order valence-electron chi connectivity index (χ1n) is 7.41. The molecule has 0 radical (unpaired) electrons. The van der Waals surface area contributed by atoms with Gasteiger partial charge in [0.25, 0.3) is 0 Å². The third-order valence-electron chi connectivity index (χ3n) is 2.97. The van der Waals surface area contributed by atoms with Crippen LogP contribution in [-0.2, 0) is 10.4 Å². The van der Waals surface area contributed by atoms with Crippen LogP contribution in [0.15, 0.2) is 0 Å². The van der Waals surface area contributed by atoms with Gasteiger partial charge in [0.2, 0.25) is 0 Å². The smallest absolute Gasteiger partial charge is 0.264 e. The number of hydrogen-bond acceptors (Lipinski definition) is 2. The van der Waals surface area contributed by atoms with E-state index in [-0.39, 0.29) is 12.8 Å².